The largest absolute Gasteiger partial charge is 0.326 e. The lowest BCUT2D eigenvalue weighted by Gasteiger charge is -2.15. The van der Waals surface area contributed by atoms with Gasteiger partial charge in [-0.15, -0.1) is 0 Å². The predicted octanol–water partition coefficient (Wildman–Crippen LogP) is 3.14. The van der Waals surface area contributed by atoms with Crippen molar-refractivity contribution in [3.05, 3.63) is 48.0 Å². The first-order chi connectivity index (χ1) is 13.3. The fourth-order valence-electron chi connectivity index (χ4n) is 3.18. The lowest BCUT2D eigenvalue weighted by atomic mass is 10.1. The van der Waals surface area contributed by atoms with E-state index in [1.165, 1.54) is 12.1 Å². The highest BCUT2D eigenvalue weighted by Crippen LogP contribution is 2.31. The molecule has 0 spiro atoms. The molecule has 2 aromatic carbocycles. The minimum absolute atomic E-state index is 0.0122. The van der Waals surface area contributed by atoms with Crippen LogP contribution >= 0.6 is 0 Å². The molecular formula is C20H23N3O4S. The molecule has 0 saturated heterocycles. The van der Waals surface area contributed by atoms with Gasteiger partial charge in [0.25, 0.3) is 10.0 Å². The number of amides is 2. The Kier molecular flexibility index (Phi) is 5.69. The number of hydrogen-bond donors (Lipinski definition) is 2. The van der Waals surface area contributed by atoms with Gasteiger partial charge in [-0.3, -0.25) is 14.3 Å². The van der Waals surface area contributed by atoms with E-state index in [4.69, 9.17) is 0 Å². The summed E-state index contributed by atoms with van der Waals surface area (Å²) in [5.41, 5.74) is 2.58. The number of rotatable bonds is 7. The van der Waals surface area contributed by atoms with Gasteiger partial charge in [0, 0.05) is 30.0 Å². The molecule has 7 nitrogen and oxygen atoms in total. The second-order valence-electron chi connectivity index (χ2n) is 6.59. The molecule has 28 heavy (non-hydrogen) atoms. The van der Waals surface area contributed by atoms with E-state index in [9.17, 15) is 18.0 Å². The van der Waals surface area contributed by atoms with Crippen LogP contribution in [-0.4, -0.2) is 26.8 Å². The lowest BCUT2D eigenvalue weighted by Crippen LogP contribution is -2.25. The summed E-state index contributed by atoms with van der Waals surface area (Å²) in [6, 6.07) is 11.1. The van der Waals surface area contributed by atoms with Crippen LogP contribution in [0.25, 0.3) is 0 Å². The van der Waals surface area contributed by atoms with Crippen molar-refractivity contribution in [1.29, 1.82) is 0 Å². The van der Waals surface area contributed by atoms with Gasteiger partial charge in [0.1, 0.15) is 0 Å². The minimum atomic E-state index is -3.78. The number of fused-ring (bicyclic) bond motifs is 1. The van der Waals surface area contributed by atoms with Crippen molar-refractivity contribution < 1.29 is 18.0 Å². The van der Waals surface area contributed by atoms with Crippen LogP contribution in [0.4, 0.5) is 17.1 Å². The van der Waals surface area contributed by atoms with Crippen molar-refractivity contribution in [3.8, 4) is 0 Å². The van der Waals surface area contributed by atoms with E-state index < -0.39 is 10.0 Å². The summed E-state index contributed by atoms with van der Waals surface area (Å²) >= 11 is 0. The molecule has 0 unspecified atom stereocenters. The first kappa shape index (κ1) is 19.9. The van der Waals surface area contributed by atoms with E-state index in [0.717, 1.165) is 17.7 Å². The van der Waals surface area contributed by atoms with Crippen molar-refractivity contribution in [3.63, 3.8) is 0 Å². The molecule has 148 valence electrons. The molecule has 0 fully saturated rings. The molecule has 3 rings (SSSR count). The maximum Gasteiger partial charge on any atom is 0.261 e. The topological polar surface area (TPSA) is 95.6 Å². The highest BCUT2D eigenvalue weighted by molar-refractivity contribution is 7.92. The molecule has 0 saturated carbocycles. The summed E-state index contributed by atoms with van der Waals surface area (Å²) in [5, 5.41) is 2.72. The fourth-order valence-corrected chi connectivity index (χ4v) is 4.22. The highest BCUT2D eigenvalue weighted by Gasteiger charge is 2.26. The molecule has 2 amide bonds. The standard InChI is InChI=1S/C20H23N3O4S/c1-3-5-19(24)21-15-6-9-17(10-7-15)28(26,27)22-16-8-11-18-14(12-16)13-20(25)23(18)4-2/h6-12,22H,3-5,13H2,1-2H3,(H,21,24). The molecule has 0 aromatic heterocycles. The Bertz CT molecular complexity index is 1000. The second kappa shape index (κ2) is 8.02. The average Bonchev–Trinajstić information content (AvgIpc) is 2.96. The molecule has 1 aliphatic rings. The Labute approximate surface area is 164 Å². The summed E-state index contributed by atoms with van der Waals surface area (Å²) in [6.45, 7) is 4.39. The Morgan fingerprint density at radius 2 is 1.75 bits per heavy atom. The molecule has 0 aliphatic carbocycles. The van der Waals surface area contributed by atoms with Crippen LogP contribution in [0.3, 0.4) is 0 Å². The summed E-state index contributed by atoms with van der Waals surface area (Å²) in [6.07, 6.45) is 1.42. The van der Waals surface area contributed by atoms with E-state index in [1.807, 2.05) is 13.8 Å². The van der Waals surface area contributed by atoms with Crippen molar-refractivity contribution in [2.45, 2.75) is 38.0 Å². The highest BCUT2D eigenvalue weighted by atomic mass is 32.2. The molecule has 0 atom stereocenters. The smallest absolute Gasteiger partial charge is 0.261 e. The van der Waals surface area contributed by atoms with Crippen LogP contribution in [0.1, 0.15) is 32.3 Å². The monoisotopic (exact) mass is 401 g/mol. The van der Waals surface area contributed by atoms with Gasteiger partial charge < -0.3 is 10.2 Å². The number of nitrogens with zero attached hydrogens (tertiary/aromatic N) is 1. The summed E-state index contributed by atoms with van der Waals surface area (Å²) < 4.78 is 27.8. The van der Waals surface area contributed by atoms with Gasteiger partial charge in [-0.1, -0.05) is 6.92 Å². The molecule has 2 aromatic rings. The van der Waals surface area contributed by atoms with Gasteiger partial charge in [-0.25, -0.2) is 8.42 Å². The summed E-state index contributed by atoms with van der Waals surface area (Å²) in [5.74, 6) is -0.0942. The Hall–Kier alpha value is -2.87. The van der Waals surface area contributed by atoms with Crippen molar-refractivity contribution in [2.24, 2.45) is 0 Å². The zero-order valence-electron chi connectivity index (χ0n) is 15.9. The number of benzene rings is 2. The van der Waals surface area contributed by atoms with Crippen LogP contribution < -0.4 is 14.9 Å². The molecule has 1 aliphatic heterocycles. The Morgan fingerprint density at radius 1 is 1.07 bits per heavy atom. The normalized spacial score (nSPS) is 13.4. The van der Waals surface area contributed by atoms with Crippen LogP contribution in [0, 0.1) is 0 Å². The quantitative estimate of drug-likeness (QED) is 0.745. The van der Waals surface area contributed by atoms with Crippen molar-refractivity contribution >= 4 is 38.9 Å². The second-order valence-corrected chi connectivity index (χ2v) is 8.27. The number of carbonyl (C=O) groups is 2. The Morgan fingerprint density at radius 3 is 2.39 bits per heavy atom. The number of anilines is 3. The van der Waals surface area contributed by atoms with Crippen molar-refractivity contribution in [1.82, 2.24) is 0 Å². The third-order valence-corrected chi connectivity index (χ3v) is 5.90. The summed E-state index contributed by atoms with van der Waals surface area (Å²) in [7, 11) is -3.78. The van der Waals surface area contributed by atoms with Crippen LogP contribution in [-0.2, 0) is 26.0 Å². The number of nitrogens with one attached hydrogen (secondary N) is 2. The number of hydrogen-bond acceptors (Lipinski definition) is 4. The van der Waals surface area contributed by atoms with E-state index in [-0.39, 0.29) is 23.1 Å². The zero-order chi connectivity index (χ0) is 20.3. The molecule has 0 bridgehead atoms. The third kappa shape index (κ3) is 4.17. The van der Waals surface area contributed by atoms with Crippen LogP contribution in [0.2, 0.25) is 0 Å². The number of likely N-dealkylation sites (N-methyl/N-ethyl adjacent to an activating group) is 1. The van der Waals surface area contributed by atoms with E-state index in [2.05, 4.69) is 10.0 Å². The molecule has 8 heteroatoms. The SMILES string of the molecule is CCCC(=O)Nc1ccc(S(=O)(=O)Nc2ccc3c(c2)CC(=O)N3CC)cc1. The van der Waals surface area contributed by atoms with E-state index in [0.29, 0.717) is 24.3 Å². The van der Waals surface area contributed by atoms with E-state index in [1.54, 1.807) is 35.2 Å². The molecule has 1 heterocycles. The van der Waals surface area contributed by atoms with Gasteiger partial charge >= 0.3 is 0 Å². The fraction of sp³-hybridized carbons (Fsp3) is 0.300. The van der Waals surface area contributed by atoms with Crippen LogP contribution in [0.5, 0.6) is 0 Å². The minimum Gasteiger partial charge on any atom is -0.326 e. The maximum atomic E-state index is 12.6. The lowest BCUT2D eigenvalue weighted by molar-refractivity contribution is -0.117. The third-order valence-electron chi connectivity index (χ3n) is 4.51. The van der Waals surface area contributed by atoms with E-state index >= 15 is 0 Å². The molecule has 2 N–H and O–H groups in total. The summed E-state index contributed by atoms with van der Waals surface area (Å²) in [4.78, 5) is 25.4. The Balaban J connectivity index is 1.75. The van der Waals surface area contributed by atoms with Crippen molar-refractivity contribution in [2.75, 3.05) is 21.5 Å². The first-order valence-corrected chi connectivity index (χ1v) is 10.7. The predicted molar refractivity (Wildman–Crippen MR) is 109 cm³/mol. The first-order valence-electron chi connectivity index (χ1n) is 9.20. The van der Waals surface area contributed by atoms with Gasteiger partial charge in [0.05, 0.1) is 11.3 Å². The average molecular weight is 401 g/mol. The molecular weight excluding hydrogens is 378 g/mol. The molecule has 0 radical (unpaired) electrons. The maximum absolute atomic E-state index is 12.6. The van der Waals surface area contributed by atoms with Gasteiger partial charge in [-0.05, 0) is 61.4 Å². The van der Waals surface area contributed by atoms with Gasteiger partial charge in [-0.2, -0.15) is 0 Å². The number of sulfonamides is 1. The zero-order valence-corrected chi connectivity index (χ0v) is 16.7. The van der Waals surface area contributed by atoms with Crippen LogP contribution in [0.15, 0.2) is 47.4 Å². The van der Waals surface area contributed by atoms with Gasteiger partial charge in [0.15, 0.2) is 0 Å². The number of carbonyl (C=O) groups excluding carboxylic acids is 2. The van der Waals surface area contributed by atoms with Gasteiger partial charge in [0.2, 0.25) is 11.8 Å².